The molecule has 0 bridgehead atoms. The first-order valence-corrected chi connectivity index (χ1v) is 8.78. The lowest BCUT2D eigenvalue weighted by Crippen LogP contribution is -2.34. The average molecular weight is 377 g/mol. The summed E-state index contributed by atoms with van der Waals surface area (Å²) in [6.07, 6.45) is 1.94. The molecular formula is C21H16FN3O3. The second-order valence-corrected chi connectivity index (χ2v) is 6.27. The maximum Gasteiger partial charge on any atom is 0.354 e. The number of nitrogens with zero attached hydrogens (tertiary/aromatic N) is 3. The van der Waals surface area contributed by atoms with Gasteiger partial charge in [0.25, 0.3) is 0 Å². The zero-order valence-electron chi connectivity index (χ0n) is 14.8. The lowest BCUT2D eigenvalue weighted by molar-refractivity contribution is -0.136. The SMILES string of the molecule is O=C(OCc1ccc(F)c2cccnc12)C1=NN(c2ccccc2)C(=O)CC1. The number of carbonyl (C=O) groups excluding carboxylic acids is 2. The Hall–Kier alpha value is -3.61. The van der Waals surface area contributed by atoms with E-state index in [4.69, 9.17) is 4.74 Å². The van der Waals surface area contributed by atoms with Crippen LogP contribution >= 0.6 is 0 Å². The van der Waals surface area contributed by atoms with Gasteiger partial charge in [0, 0.05) is 30.0 Å². The summed E-state index contributed by atoms with van der Waals surface area (Å²) in [6.45, 7) is -0.0646. The molecule has 0 spiro atoms. The zero-order valence-corrected chi connectivity index (χ0v) is 14.8. The van der Waals surface area contributed by atoms with E-state index < -0.39 is 5.97 Å². The second-order valence-electron chi connectivity index (χ2n) is 6.27. The molecule has 6 nitrogen and oxygen atoms in total. The first kappa shape index (κ1) is 17.8. The number of halogens is 1. The van der Waals surface area contributed by atoms with Gasteiger partial charge in [0.05, 0.1) is 11.2 Å². The number of esters is 1. The molecule has 0 unspecified atom stereocenters. The van der Waals surface area contributed by atoms with Crippen molar-refractivity contribution in [1.29, 1.82) is 0 Å². The van der Waals surface area contributed by atoms with Gasteiger partial charge >= 0.3 is 5.97 Å². The minimum Gasteiger partial charge on any atom is -0.456 e. The lowest BCUT2D eigenvalue weighted by Gasteiger charge is -2.22. The van der Waals surface area contributed by atoms with Crippen LogP contribution in [0.25, 0.3) is 10.9 Å². The minimum absolute atomic E-state index is 0.0646. The molecule has 1 aliphatic rings. The van der Waals surface area contributed by atoms with Gasteiger partial charge in [-0.25, -0.2) is 14.2 Å². The van der Waals surface area contributed by atoms with Crippen LogP contribution in [0.5, 0.6) is 0 Å². The number of hydrogen-bond acceptors (Lipinski definition) is 5. The van der Waals surface area contributed by atoms with Crippen LogP contribution in [0.2, 0.25) is 0 Å². The molecule has 0 aliphatic carbocycles. The van der Waals surface area contributed by atoms with Crippen LogP contribution in [0.4, 0.5) is 10.1 Å². The first-order valence-electron chi connectivity index (χ1n) is 8.78. The van der Waals surface area contributed by atoms with E-state index in [1.54, 1.807) is 48.7 Å². The number of aromatic nitrogens is 1. The highest BCUT2D eigenvalue weighted by Gasteiger charge is 2.26. The van der Waals surface area contributed by atoms with E-state index in [2.05, 4.69) is 10.1 Å². The van der Waals surface area contributed by atoms with E-state index in [9.17, 15) is 14.0 Å². The topological polar surface area (TPSA) is 71.9 Å². The third-order valence-electron chi connectivity index (χ3n) is 4.43. The second kappa shape index (κ2) is 7.56. The fraction of sp³-hybridized carbons (Fsp3) is 0.143. The van der Waals surface area contributed by atoms with Crippen LogP contribution in [-0.4, -0.2) is 22.6 Å². The molecule has 0 atom stereocenters. The van der Waals surface area contributed by atoms with E-state index in [-0.39, 0.29) is 36.9 Å². The van der Waals surface area contributed by atoms with Gasteiger partial charge in [-0.05, 0) is 30.3 Å². The van der Waals surface area contributed by atoms with Crippen molar-refractivity contribution in [3.8, 4) is 0 Å². The molecule has 0 radical (unpaired) electrons. The number of hydrogen-bond donors (Lipinski definition) is 0. The summed E-state index contributed by atoms with van der Waals surface area (Å²) in [6, 6.07) is 15.0. The Kier molecular flexibility index (Phi) is 4.80. The Labute approximate surface area is 160 Å². The van der Waals surface area contributed by atoms with Crippen LogP contribution in [-0.2, 0) is 20.9 Å². The van der Waals surface area contributed by atoms with E-state index in [0.29, 0.717) is 22.2 Å². The van der Waals surface area contributed by atoms with Crippen LogP contribution in [0.15, 0.2) is 65.9 Å². The van der Waals surface area contributed by atoms with Crippen LogP contribution in [0, 0.1) is 5.82 Å². The normalized spacial score (nSPS) is 14.1. The maximum atomic E-state index is 13.9. The zero-order chi connectivity index (χ0) is 19.5. The van der Waals surface area contributed by atoms with Gasteiger partial charge in [-0.15, -0.1) is 0 Å². The summed E-state index contributed by atoms with van der Waals surface area (Å²) < 4.78 is 19.3. The highest BCUT2D eigenvalue weighted by molar-refractivity contribution is 6.38. The van der Waals surface area contributed by atoms with E-state index >= 15 is 0 Å². The number of anilines is 1. The van der Waals surface area contributed by atoms with Crippen LogP contribution < -0.4 is 5.01 Å². The molecule has 0 saturated carbocycles. The number of benzene rings is 2. The van der Waals surface area contributed by atoms with Crippen molar-refractivity contribution < 1.29 is 18.7 Å². The van der Waals surface area contributed by atoms with Crippen molar-refractivity contribution in [3.63, 3.8) is 0 Å². The largest absolute Gasteiger partial charge is 0.456 e. The molecule has 7 heteroatoms. The Bertz CT molecular complexity index is 1080. The highest BCUT2D eigenvalue weighted by atomic mass is 19.1. The Morgan fingerprint density at radius 1 is 1.07 bits per heavy atom. The summed E-state index contributed by atoms with van der Waals surface area (Å²) in [5, 5.41) is 5.76. The third-order valence-corrected chi connectivity index (χ3v) is 4.43. The number of fused-ring (bicyclic) bond motifs is 1. The molecule has 4 rings (SSSR count). The van der Waals surface area contributed by atoms with E-state index in [1.807, 2.05) is 6.07 Å². The van der Waals surface area contributed by atoms with Gasteiger partial charge in [-0.2, -0.15) is 5.10 Å². The molecule has 1 aromatic heterocycles. The van der Waals surface area contributed by atoms with Gasteiger partial charge in [-0.1, -0.05) is 24.3 Å². The first-order chi connectivity index (χ1) is 13.6. The molecule has 2 aromatic carbocycles. The molecule has 0 fully saturated rings. The maximum absolute atomic E-state index is 13.9. The molecule has 2 heterocycles. The predicted molar refractivity (Wildman–Crippen MR) is 102 cm³/mol. The summed E-state index contributed by atoms with van der Waals surface area (Å²) in [4.78, 5) is 28.8. The minimum atomic E-state index is -0.609. The van der Waals surface area contributed by atoms with Gasteiger partial charge in [0.1, 0.15) is 18.1 Å². The molecule has 3 aromatic rings. The van der Waals surface area contributed by atoms with Crippen molar-refractivity contribution in [1.82, 2.24) is 4.98 Å². The predicted octanol–water partition coefficient (Wildman–Crippen LogP) is 3.60. The van der Waals surface area contributed by atoms with Crippen molar-refractivity contribution in [2.75, 3.05) is 5.01 Å². The Morgan fingerprint density at radius 2 is 1.89 bits per heavy atom. The number of hydrazone groups is 1. The van der Waals surface area contributed by atoms with Crippen LogP contribution in [0.1, 0.15) is 18.4 Å². The van der Waals surface area contributed by atoms with Gasteiger partial charge in [0.2, 0.25) is 5.91 Å². The lowest BCUT2D eigenvalue weighted by atomic mass is 10.1. The van der Waals surface area contributed by atoms with Crippen molar-refractivity contribution >= 4 is 34.2 Å². The molecule has 28 heavy (non-hydrogen) atoms. The molecule has 1 amide bonds. The molecule has 0 N–H and O–H groups in total. The molecule has 0 saturated heterocycles. The number of ether oxygens (including phenoxy) is 1. The number of pyridine rings is 1. The standard InChI is InChI=1S/C21H16FN3O3/c22-17-9-8-14(20-16(17)7-4-12-23-20)13-28-21(27)18-10-11-19(26)25(24-18)15-5-2-1-3-6-15/h1-9,12H,10-11,13H2. The van der Waals surface area contributed by atoms with Gasteiger partial charge in [-0.3, -0.25) is 9.78 Å². The number of para-hydroxylation sites is 1. The number of rotatable bonds is 4. The highest BCUT2D eigenvalue weighted by Crippen LogP contribution is 2.22. The van der Waals surface area contributed by atoms with E-state index in [1.165, 1.54) is 11.1 Å². The fourth-order valence-electron chi connectivity index (χ4n) is 3.01. The van der Waals surface area contributed by atoms with Gasteiger partial charge < -0.3 is 4.74 Å². The van der Waals surface area contributed by atoms with Gasteiger partial charge in [0.15, 0.2) is 0 Å². The van der Waals surface area contributed by atoms with Crippen LogP contribution in [0.3, 0.4) is 0 Å². The third kappa shape index (κ3) is 3.46. The van der Waals surface area contributed by atoms with Crippen molar-refractivity contribution in [2.24, 2.45) is 5.10 Å². The smallest absolute Gasteiger partial charge is 0.354 e. The van der Waals surface area contributed by atoms with E-state index in [0.717, 1.165) is 0 Å². The molecular weight excluding hydrogens is 361 g/mol. The summed E-state index contributed by atoms with van der Waals surface area (Å²) in [5.41, 5.74) is 1.80. The van der Waals surface area contributed by atoms with Crippen molar-refractivity contribution in [2.45, 2.75) is 19.4 Å². The fourth-order valence-corrected chi connectivity index (χ4v) is 3.01. The average Bonchev–Trinajstić information content (AvgIpc) is 2.74. The number of amides is 1. The summed E-state index contributed by atoms with van der Waals surface area (Å²) in [5.74, 6) is -1.18. The molecule has 1 aliphatic heterocycles. The molecule has 140 valence electrons. The monoisotopic (exact) mass is 377 g/mol. The quantitative estimate of drug-likeness (QED) is 0.652. The number of carbonyl (C=O) groups is 2. The summed E-state index contributed by atoms with van der Waals surface area (Å²) >= 11 is 0. The Balaban J connectivity index is 1.53. The summed E-state index contributed by atoms with van der Waals surface area (Å²) in [7, 11) is 0. The van der Waals surface area contributed by atoms with Crippen molar-refractivity contribution in [3.05, 3.63) is 72.2 Å². The Morgan fingerprint density at radius 3 is 2.71 bits per heavy atom.